The molecule has 0 unspecified atom stereocenters. The molecule has 0 saturated heterocycles. The highest BCUT2D eigenvalue weighted by molar-refractivity contribution is 5.22. The quantitative estimate of drug-likeness (QED) is 0.661. The topological polar surface area (TPSA) is 77.0 Å². The van der Waals surface area contributed by atoms with Gasteiger partial charge in [0.15, 0.2) is 0 Å². The average molecular weight is 154 g/mol. The summed E-state index contributed by atoms with van der Waals surface area (Å²) in [6, 6.07) is 0.540. The lowest BCUT2D eigenvalue weighted by Crippen LogP contribution is -2.02. The van der Waals surface area contributed by atoms with Crippen LogP contribution in [0.25, 0.3) is 0 Å². The minimum atomic E-state index is 0.114. The normalized spacial score (nSPS) is 16.7. The number of hydrogen-bond donors (Lipinski definition) is 2. The molecule has 0 radical (unpaired) electrons. The molecular formula is C6H10N4O. The van der Waals surface area contributed by atoms with Gasteiger partial charge in [0.2, 0.25) is 0 Å². The van der Waals surface area contributed by atoms with E-state index in [2.05, 4.69) is 15.5 Å². The number of nitrogens with two attached hydrogens (primary N) is 1. The van der Waals surface area contributed by atoms with Crippen molar-refractivity contribution in [1.29, 1.82) is 0 Å². The lowest BCUT2D eigenvalue weighted by molar-refractivity contribution is 0.584. The Morgan fingerprint density at radius 1 is 1.55 bits per heavy atom. The van der Waals surface area contributed by atoms with E-state index in [1.54, 1.807) is 0 Å². The molecule has 5 nitrogen and oxygen atoms in total. The van der Waals surface area contributed by atoms with Crippen molar-refractivity contribution in [2.45, 2.75) is 12.8 Å². The lowest BCUT2D eigenvalue weighted by Gasteiger charge is -1.95. The Hall–Kier alpha value is -1.26. The first kappa shape index (κ1) is 6.45. The van der Waals surface area contributed by atoms with Crippen molar-refractivity contribution in [2.75, 3.05) is 17.6 Å². The summed E-state index contributed by atoms with van der Waals surface area (Å²) in [5, 5.41) is 10.2. The van der Waals surface area contributed by atoms with Gasteiger partial charge in [-0.2, -0.15) is 0 Å². The number of nitrogens with one attached hydrogen (secondary N) is 1. The van der Waals surface area contributed by atoms with Crippen LogP contribution in [0.4, 0.5) is 12.0 Å². The maximum Gasteiger partial charge on any atom is 0.316 e. The van der Waals surface area contributed by atoms with Crippen LogP contribution >= 0.6 is 0 Å². The molecule has 1 aliphatic rings. The Labute approximate surface area is 64.0 Å². The number of rotatable bonds is 3. The van der Waals surface area contributed by atoms with Gasteiger partial charge in [-0.05, 0) is 18.8 Å². The maximum absolute atomic E-state index is 5.22. The second kappa shape index (κ2) is 2.41. The summed E-state index contributed by atoms with van der Waals surface area (Å²) in [4.78, 5) is 0. The lowest BCUT2D eigenvalue weighted by atomic mass is 10.4. The van der Waals surface area contributed by atoms with Gasteiger partial charge >= 0.3 is 12.0 Å². The van der Waals surface area contributed by atoms with E-state index < -0.39 is 0 Å². The predicted octanol–water partition coefficient (Wildman–Crippen LogP) is 0.474. The molecule has 60 valence electrons. The van der Waals surface area contributed by atoms with Gasteiger partial charge in [-0.25, -0.2) is 0 Å². The Bertz CT molecular complexity index is 242. The van der Waals surface area contributed by atoms with Crippen molar-refractivity contribution in [1.82, 2.24) is 10.2 Å². The van der Waals surface area contributed by atoms with E-state index in [1.165, 1.54) is 12.8 Å². The van der Waals surface area contributed by atoms with Crippen LogP contribution in [0.2, 0.25) is 0 Å². The Morgan fingerprint density at radius 2 is 2.36 bits per heavy atom. The van der Waals surface area contributed by atoms with Gasteiger partial charge in [-0.1, -0.05) is 10.2 Å². The summed E-state index contributed by atoms with van der Waals surface area (Å²) in [6.45, 7) is 0.918. The van der Waals surface area contributed by atoms with Gasteiger partial charge in [0.05, 0.1) is 0 Å². The predicted molar refractivity (Wildman–Crippen MR) is 39.9 cm³/mol. The molecule has 1 saturated carbocycles. The van der Waals surface area contributed by atoms with Crippen molar-refractivity contribution in [2.24, 2.45) is 5.92 Å². The van der Waals surface area contributed by atoms with Gasteiger partial charge in [-0.15, -0.1) is 0 Å². The SMILES string of the molecule is Nc1nnc(NCC2CC2)o1. The first-order valence-electron chi connectivity index (χ1n) is 3.67. The van der Waals surface area contributed by atoms with Crippen LogP contribution in [0.15, 0.2) is 4.42 Å². The van der Waals surface area contributed by atoms with E-state index in [1.807, 2.05) is 0 Å². The summed E-state index contributed by atoms with van der Waals surface area (Å²) >= 11 is 0. The highest BCUT2D eigenvalue weighted by Crippen LogP contribution is 2.28. The minimum absolute atomic E-state index is 0.114. The van der Waals surface area contributed by atoms with Crippen molar-refractivity contribution in [3.05, 3.63) is 0 Å². The first-order chi connectivity index (χ1) is 5.34. The molecule has 5 heteroatoms. The van der Waals surface area contributed by atoms with Crippen LogP contribution in [-0.2, 0) is 0 Å². The van der Waals surface area contributed by atoms with Crippen LogP contribution in [0.3, 0.4) is 0 Å². The van der Waals surface area contributed by atoms with E-state index >= 15 is 0 Å². The number of nitrogens with zero attached hydrogens (tertiary/aromatic N) is 2. The molecule has 0 bridgehead atoms. The largest absolute Gasteiger partial charge is 0.390 e. The van der Waals surface area contributed by atoms with Gasteiger partial charge in [0.25, 0.3) is 0 Å². The highest BCUT2D eigenvalue weighted by Gasteiger charge is 2.21. The third-order valence-corrected chi connectivity index (χ3v) is 1.68. The van der Waals surface area contributed by atoms with E-state index in [4.69, 9.17) is 10.2 Å². The van der Waals surface area contributed by atoms with Crippen LogP contribution in [0, 0.1) is 5.92 Å². The number of anilines is 2. The van der Waals surface area contributed by atoms with E-state index in [0.29, 0.717) is 6.01 Å². The zero-order valence-corrected chi connectivity index (χ0v) is 6.08. The first-order valence-corrected chi connectivity index (χ1v) is 3.67. The molecule has 3 N–H and O–H groups in total. The fraction of sp³-hybridized carbons (Fsp3) is 0.667. The smallest absolute Gasteiger partial charge is 0.316 e. The number of aromatic nitrogens is 2. The summed E-state index contributed by atoms with van der Waals surface area (Å²) in [5.41, 5.74) is 5.22. The summed E-state index contributed by atoms with van der Waals surface area (Å²) < 4.78 is 4.91. The Morgan fingerprint density at radius 3 is 2.91 bits per heavy atom. The number of nitrogen functional groups attached to an aromatic ring is 1. The van der Waals surface area contributed by atoms with Crippen LogP contribution in [-0.4, -0.2) is 16.7 Å². The molecule has 0 aromatic carbocycles. The van der Waals surface area contributed by atoms with Crippen molar-refractivity contribution >= 4 is 12.0 Å². The molecule has 11 heavy (non-hydrogen) atoms. The average Bonchev–Trinajstić information content (AvgIpc) is 2.72. The number of hydrogen-bond acceptors (Lipinski definition) is 5. The molecule has 1 aliphatic carbocycles. The van der Waals surface area contributed by atoms with Crippen LogP contribution in [0.5, 0.6) is 0 Å². The highest BCUT2D eigenvalue weighted by atomic mass is 16.4. The molecule has 1 aromatic heterocycles. The van der Waals surface area contributed by atoms with Crippen molar-refractivity contribution < 1.29 is 4.42 Å². The van der Waals surface area contributed by atoms with Gasteiger partial charge < -0.3 is 15.5 Å². The van der Waals surface area contributed by atoms with E-state index in [-0.39, 0.29) is 6.01 Å². The van der Waals surface area contributed by atoms with Crippen LogP contribution < -0.4 is 11.1 Å². The second-order valence-corrected chi connectivity index (χ2v) is 2.77. The molecule has 0 aliphatic heterocycles. The second-order valence-electron chi connectivity index (χ2n) is 2.77. The fourth-order valence-electron chi connectivity index (χ4n) is 0.860. The monoisotopic (exact) mass is 154 g/mol. The zero-order chi connectivity index (χ0) is 7.68. The molecule has 0 atom stereocenters. The van der Waals surface area contributed by atoms with Crippen LogP contribution in [0.1, 0.15) is 12.8 Å². The standard InChI is InChI=1S/C6H10N4O/c7-5-9-10-6(11-5)8-3-4-1-2-4/h4H,1-3H2,(H2,7,9)(H,8,10). The Kier molecular flexibility index (Phi) is 1.41. The van der Waals surface area contributed by atoms with Gasteiger partial charge in [-0.3, -0.25) is 0 Å². The fourth-order valence-corrected chi connectivity index (χ4v) is 0.860. The molecule has 1 heterocycles. The summed E-state index contributed by atoms with van der Waals surface area (Å²) in [7, 11) is 0. The van der Waals surface area contributed by atoms with Gasteiger partial charge in [0, 0.05) is 6.54 Å². The molecular weight excluding hydrogens is 144 g/mol. The van der Waals surface area contributed by atoms with Crippen molar-refractivity contribution in [3.8, 4) is 0 Å². The summed E-state index contributed by atoms with van der Waals surface area (Å²) in [5.74, 6) is 0.795. The minimum Gasteiger partial charge on any atom is -0.390 e. The van der Waals surface area contributed by atoms with Crippen molar-refractivity contribution in [3.63, 3.8) is 0 Å². The molecule has 1 aromatic rings. The molecule has 1 fully saturated rings. The third kappa shape index (κ3) is 1.60. The van der Waals surface area contributed by atoms with E-state index in [0.717, 1.165) is 12.5 Å². The molecule has 0 amide bonds. The van der Waals surface area contributed by atoms with E-state index in [9.17, 15) is 0 Å². The molecule has 0 spiro atoms. The maximum atomic E-state index is 5.22. The molecule has 2 rings (SSSR count). The summed E-state index contributed by atoms with van der Waals surface area (Å²) in [6.07, 6.45) is 2.60. The zero-order valence-electron chi connectivity index (χ0n) is 6.08. The third-order valence-electron chi connectivity index (χ3n) is 1.68. The van der Waals surface area contributed by atoms with Gasteiger partial charge in [0.1, 0.15) is 0 Å². The Balaban J connectivity index is 1.85.